The van der Waals surface area contributed by atoms with Gasteiger partial charge in [-0.1, -0.05) is 0 Å². The maximum absolute atomic E-state index is 11.2. The van der Waals surface area contributed by atoms with Crippen molar-refractivity contribution in [3.63, 3.8) is 0 Å². The summed E-state index contributed by atoms with van der Waals surface area (Å²) in [5.41, 5.74) is 1.24. The molecule has 0 amide bonds. The van der Waals surface area contributed by atoms with Crippen molar-refractivity contribution in [3.8, 4) is 0 Å². The SMILES string of the molecule is COC(=O)c1ccc(NCCc2nc(C)cs2)nn1. The fourth-order valence-electron chi connectivity index (χ4n) is 1.46. The van der Waals surface area contributed by atoms with Gasteiger partial charge in [-0.05, 0) is 19.1 Å². The van der Waals surface area contributed by atoms with Gasteiger partial charge in [0.05, 0.1) is 12.1 Å². The molecule has 6 nitrogen and oxygen atoms in total. The number of ether oxygens (including phenoxy) is 1. The van der Waals surface area contributed by atoms with Crippen LogP contribution in [0.4, 0.5) is 5.82 Å². The van der Waals surface area contributed by atoms with Crippen LogP contribution < -0.4 is 5.32 Å². The van der Waals surface area contributed by atoms with Gasteiger partial charge in [0.2, 0.25) is 0 Å². The first-order valence-electron chi connectivity index (χ1n) is 5.76. The number of anilines is 1. The van der Waals surface area contributed by atoms with E-state index in [4.69, 9.17) is 0 Å². The third kappa shape index (κ3) is 3.72. The van der Waals surface area contributed by atoms with E-state index < -0.39 is 5.97 Å². The molecule has 0 fully saturated rings. The molecule has 0 aliphatic carbocycles. The Morgan fingerprint density at radius 3 is 2.84 bits per heavy atom. The normalized spacial score (nSPS) is 10.2. The van der Waals surface area contributed by atoms with Crippen LogP contribution in [0.5, 0.6) is 0 Å². The van der Waals surface area contributed by atoms with E-state index in [1.54, 1.807) is 23.5 Å². The number of aromatic nitrogens is 3. The standard InChI is InChI=1S/C12H14N4O2S/c1-8-7-19-11(14-8)5-6-13-10-4-3-9(15-16-10)12(17)18-2/h3-4,7H,5-6H2,1-2H3,(H,13,16). The first-order chi connectivity index (χ1) is 9.19. The largest absolute Gasteiger partial charge is 0.464 e. The summed E-state index contributed by atoms with van der Waals surface area (Å²) in [4.78, 5) is 15.5. The number of hydrogen-bond donors (Lipinski definition) is 1. The molecule has 0 aromatic carbocycles. The molecular formula is C12H14N4O2S. The van der Waals surface area contributed by atoms with Crippen LogP contribution in [0.25, 0.3) is 0 Å². The van der Waals surface area contributed by atoms with Crippen molar-refractivity contribution < 1.29 is 9.53 Å². The van der Waals surface area contributed by atoms with E-state index in [-0.39, 0.29) is 5.69 Å². The summed E-state index contributed by atoms with van der Waals surface area (Å²) >= 11 is 1.65. The van der Waals surface area contributed by atoms with Gasteiger partial charge in [0, 0.05) is 24.0 Å². The van der Waals surface area contributed by atoms with Crippen molar-refractivity contribution in [1.82, 2.24) is 15.2 Å². The Bertz CT molecular complexity index is 553. The minimum absolute atomic E-state index is 0.198. The van der Waals surface area contributed by atoms with Crippen molar-refractivity contribution in [2.45, 2.75) is 13.3 Å². The van der Waals surface area contributed by atoms with Crippen LogP contribution in [0, 0.1) is 6.92 Å². The molecule has 2 aromatic heterocycles. The lowest BCUT2D eigenvalue weighted by atomic mass is 10.4. The first-order valence-corrected chi connectivity index (χ1v) is 6.64. The highest BCUT2D eigenvalue weighted by atomic mass is 32.1. The number of nitrogens with zero attached hydrogens (tertiary/aromatic N) is 3. The summed E-state index contributed by atoms with van der Waals surface area (Å²) in [6.45, 7) is 2.70. The number of carbonyl (C=O) groups is 1. The monoisotopic (exact) mass is 278 g/mol. The molecule has 0 spiro atoms. The zero-order chi connectivity index (χ0) is 13.7. The van der Waals surface area contributed by atoms with Gasteiger partial charge in [-0.2, -0.15) is 0 Å². The lowest BCUT2D eigenvalue weighted by molar-refractivity contribution is 0.0593. The van der Waals surface area contributed by atoms with Crippen molar-refractivity contribution in [3.05, 3.63) is 33.9 Å². The van der Waals surface area contributed by atoms with E-state index in [0.29, 0.717) is 5.82 Å². The summed E-state index contributed by atoms with van der Waals surface area (Å²) in [7, 11) is 1.31. The van der Waals surface area contributed by atoms with Gasteiger partial charge >= 0.3 is 5.97 Å². The zero-order valence-corrected chi connectivity index (χ0v) is 11.5. The molecule has 0 atom stereocenters. The second-order valence-corrected chi connectivity index (χ2v) is 4.80. The van der Waals surface area contributed by atoms with Gasteiger partial charge in [-0.15, -0.1) is 21.5 Å². The lowest BCUT2D eigenvalue weighted by Crippen LogP contribution is -2.09. The van der Waals surface area contributed by atoms with Crippen molar-refractivity contribution in [2.24, 2.45) is 0 Å². The van der Waals surface area contributed by atoms with E-state index in [1.807, 2.05) is 12.3 Å². The van der Waals surface area contributed by atoms with E-state index in [2.05, 4.69) is 25.2 Å². The quantitative estimate of drug-likeness (QED) is 0.839. The Morgan fingerprint density at radius 2 is 2.26 bits per heavy atom. The molecule has 0 saturated heterocycles. The van der Waals surface area contributed by atoms with Crippen LogP contribution in [0.1, 0.15) is 21.2 Å². The average molecular weight is 278 g/mol. The number of rotatable bonds is 5. The number of methoxy groups -OCH3 is 1. The minimum atomic E-state index is -0.489. The maximum Gasteiger partial charge on any atom is 0.358 e. The predicted octanol–water partition coefficient (Wildman–Crippen LogP) is 1.68. The second-order valence-electron chi connectivity index (χ2n) is 3.85. The van der Waals surface area contributed by atoms with Crippen LogP contribution in [0.15, 0.2) is 17.5 Å². The molecule has 0 aliphatic rings. The lowest BCUT2D eigenvalue weighted by Gasteiger charge is -2.03. The Hall–Kier alpha value is -2.02. The average Bonchev–Trinajstić information content (AvgIpc) is 2.84. The molecule has 0 radical (unpaired) electrons. The molecular weight excluding hydrogens is 264 g/mol. The van der Waals surface area contributed by atoms with E-state index in [9.17, 15) is 4.79 Å². The summed E-state index contributed by atoms with van der Waals surface area (Å²) < 4.78 is 4.55. The molecule has 0 aliphatic heterocycles. The maximum atomic E-state index is 11.2. The van der Waals surface area contributed by atoms with Crippen LogP contribution >= 0.6 is 11.3 Å². The van der Waals surface area contributed by atoms with Crippen molar-refractivity contribution in [2.75, 3.05) is 19.0 Å². The second kappa shape index (κ2) is 6.24. The topological polar surface area (TPSA) is 77.0 Å². The first kappa shape index (κ1) is 13.4. The Morgan fingerprint density at radius 1 is 1.42 bits per heavy atom. The van der Waals surface area contributed by atoms with E-state index >= 15 is 0 Å². The number of nitrogens with one attached hydrogen (secondary N) is 1. The molecule has 19 heavy (non-hydrogen) atoms. The number of hydrogen-bond acceptors (Lipinski definition) is 7. The molecule has 2 rings (SSSR count). The van der Waals surface area contributed by atoms with Gasteiger partial charge in [0.1, 0.15) is 5.82 Å². The van der Waals surface area contributed by atoms with E-state index in [1.165, 1.54) is 7.11 Å². The summed E-state index contributed by atoms with van der Waals surface area (Å²) in [6.07, 6.45) is 0.832. The summed E-state index contributed by atoms with van der Waals surface area (Å²) in [5.74, 6) is 0.137. The highest BCUT2D eigenvalue weighted by molar-refractivity contribution is 7.09. The van der Waals surface area contributed by atoms with Gasteiger partial charge in [0.25, 0.3) is 0 Å². The molecule has 0 unspecified atom stereocenters. The zero-order valence-electron chi connectivity index (χ0n) is 10.7. The Balaban J connectivity index is 1.84. The van der Waals surface area contributed by atoms with Gasteiger partial charge < -0.3 is 10.1 Å². The highest BCUT2D eigenvalue weighted by Gasteiger charge is 2.07. The van der Waals surface area contributed by atoms with Crippen LogP contribution in [-0.4, -0.2) is 34.8 Å². The van der Waals surface area contributed by atoms with Crippen LogP contribution in [0.3, 0.4) is 0 Å². The molecule has 7 heteroatoms. The van der Waals surface area contributed by atoms with Crippen LogP contribution in [0.2, 0.25) is 0 Å². The van der Waals surface area contributed by atoms with Gasteiger partial charge in [-0.3, -0.25) is 0 Å². The molecule has 0 saturated carbocycles. The number of carbonyl (C=O) groups excluding carboxylic acids is 1. The molecule has 2 heterocycles. The minimum Gasteiger partial charge on any atom is -0.464 e. The smallest absolute Gasteiger partial charge is 0.358 e. The number of esters is 1. The summed E-state index contributed by atoms with van der Waals surface area (Å²) in [6, 6.07) is 3.28. The number of aryl methyl sites for hydroxylation is 1. The third-order valence-corrected chi connectivity index (χ3v) is 3.40. The summed E-state index contributed by atoms with van der Waals surface area (Å²) in [5, 5.41) is 13.9. The molecule has 100 valence electrons. The van der Waals surface area contributed by atoms with Crippen LogP contribution in [-0.2, 0) is 11.2 Å². The molecule has 1 N–H and O–H groups in total. The molecule has 2 aromatic rings. The van der Waals surface area contributed by atoms with Crippen molar-refractivity contribution in [1.29, 1.82) is 0 Å². The van der Waals surface area contributed by atoms with Gasteiger partial charge in [0.15, 0.2) is 5.69 Å². The fraction of sp³-hybridized carbons (Fsp3) is 0.333. The number of thiazole rings is 1. The Kier molecular flexibility index (Phi) is 4.40. The van der Waals surface area contributed by atoms with Crippen molar-refractivity contribution >= 4 is 23.1 Å². The van der Waals surface area contributed by atoms with E-state index in [0.717, 1.165) is 23.7 Å². The highest BCUT2D eigenvalue weighted by Crippen LogP contribution is 2.09. The van der Waals surface area contributed by atoms with Gasteiger partial charge in [-0.25, -0.2) is 9.78 Å². The molecule has 0 bridgehead atoms. The fourth-order valence-corrected chi connectivity index (χ4v) is 2.23. The Labute approximate surface area is 114 Å². The predicted molar refractivity (Wildman–Crippen MR) is 72.4 cm³/mol. The third-order valence-electron chi connectivity index (χ3n) is 2.37.